The molecule has 0 atom stereocenters. The minimum atomic E-state index is 0.625. The summed E-state index contributed by atoms with van der Waals surface area (Å²) in [6.07, 6.45) is 5.44. The van der Waals surface area contributed by atoms with Gasteiger partial charge < -0.3 is 10.1 Å². The van der Waals surface area contributed by atoms with Gasteiger partial charge in [-0.3, -0.25) is 4.90 Å². The van der Waals surface area contributed by atoms with Gasteiger partial charge in [0.2, 0.25) is 0 Å². The van der Waals surface area contributed by atoms with Gasteiger partial charge in [-0.25, -0.2) is 0 Å². The fourth-order valence-corrected chi connectivity index (χ4v) is 4.23. The molecule has 2 heterocycles. The van der Waals surface area contributed by atoms with E-state index in [0.29, 0.717) is 5.41 Å². The maximum Gasteiger partial charge on any atom is 0.127 e. The highest BCUT2D eigenvalue weighted by Gasteiger charge is 2.35. The van der Waals surface area contributed by atoms with Crippen molar-refractivity contribution in [2.24, 2.45) is 5.41 Å². The fraction of sp³-hybridized carbons (Fsp3) is 0.455. The third-order valence-electron chi connectivity index (χ3n) is 5.86. The number of nitrogens with one attached hydrogen (secondary N) is 1. The van der Waals surface area contributed by atoms with E-state index in [0.717, 1.165) is 18.0 Å². The van der Waals surface area contributed by atoms with Gasteiger partial charge in [0.15, 0.2) is 0 Å². The third kappa shape index (κ3) is 4.23. The Balaban J connectivity index is 1.35. The lowest BCUT2D eigenvalue weighted by atomic mass is 9.71. The Morgan fingerprint density at radius 2 is 1.56 bits per heavy atom. The Labute approximate surface area is 151 Å². The van der Waals surface area contributed by atoms with Crippen molar-refractivity contribution < 1.29 is 4.74 Å². The van der Waals surface area contributed by atoms with Crippen LogP contribution in [0.5, 0.6) is 11.5 Å². The summed E-state index contributed by atoms with van der Waals surface area (Å²) in [7, 11) is 0. The standard InChI is InChI=1S/C22H28N2O/c1-2-6-20(7-3-1)25-21-8-4-5-19(17-21)18-24-15-11-22(12-16-24)9-13-23-14-10-22/h1-8,17,23H,9-16,18H2. The van der Waals surface area contributed by atoms with E-state index in [2.05, 4.69) is 28.4 Å². The van der Waals surface area contributed by atoms with Gasteiger partial charge in [0.05, 0.1) is 0 Å². The highest BCUT2D eigenvalue weighted by atomic mass is 16.5. The molecule has 0 saturated carbocycles. The van der Waals surface area contributed by atoms with Crippen molar-refractivity contribution >= 4 is 0 Å². The summed E-state index contributed by atoms with van der Waals surface area (Å²) in [6.45, 7) is 5.89. The summed E-state index contributed by atoms with van der Waals surface area (Å²) >= 11 is 0. The zero-order valence-corrected chi connectivity index (χ0v) is 14.9. The molecular formula is C22H28N2O. The fourth-order valence-electron chi connectivity index (χ4n) is 4.23. The minimum Gasteiger partial charge on any atom is -0.457 e. The molecule has 1 spiro atoms. The number of hydrogen-bond acceptors (Lipinski definition) is 3. The van der Waals surface area contributed by atoms with Gasteiger partial charge in [0.1, 0.15) is 11.5 Å². The monoisotopic (exact) mass is 336 g/mol. The first-order valence-electron chi connectivity index (χ1n) is 9.56. The summed E-state index contributed by atoms with van der Waals surface area (Å²) in [5.41, 5.74) is 1.97. The molecule has 2 aliphatic heterocycles. The van der Waals surface area contributed by atoms with E-state index in [1.165, 1.54) is 57.4 Å². The number of hydrogen-bond donors (Lipinski definition) is 1. The lowest BCUT2D eigenvalue weighted by molar-refractivity contribution is 0.0701. The van der Waals surface area contributed by atoms with Crippen LogP contribution >= 0.6 is 0 Å². The first kappa shape index (κ1) is 16.6. The SMILES string of the molecule is c1ccc(Oc2cccc(CN3CCC4(CCNCC4)CC3)c2)cc1. The summed E-state index contributed by atoms with van der Waals surface area (Å²) in [5, 5.41) is 3.51. The highest BCUT2D eigenvalue weighted by Crippen LogP contribution is 2.39. The van der Waals surface area contributed by atoms with Crippen molar-refractivity contribution in [1.82, 2.24) is 10.2 Å². The Bertz CT molecular complexity index is 669. The van der Waals surface area contributed by atoms with Crippen LogP contribution in [0, 0.1) is 5.41 Å². The van der Waals surface area contributed by atoms with Crippen LogP contribution in [0.15, 0.2) is 54.6 Å². The molecule has 25 heavy (non-hydrogen) atoms. The van der Waals surface area contributed by atoms with Crippen LogP contribution in [0.4, 0.5) is 0 Å². The molecular weight excluding hydrogens is 308 g/mol. The smallest absolute Gasteiger partial charge is 0.127 e. The van der Waals surface area contributed by atoms with E-state index in [1.54, 1.807) is 0 Å². The molecule has 0 radical (unpaired) electrons. The average molecular weight is 336 g/mol. The molecule has 2 fully saturated rings. The number of ether oxygens (including phenoxy) is 1. The first-order chi connectivity index (χ1) is 12.3. The summed E-state index contributed by atoms with van der Waals surface area (Å²) in [6, 6.07) is 18.5. The summed E-state index contributed by atoms with van der Waals surface area (Å²) < 4.78 is 5.97. The van der Waals surface area contributed by atoms with Crippen LogP contribution in [-0.4, -0.2) is 31.1 Å². The zero-order chi connectivity index (χ0) is 17.0. The average Bonchev–Trinajstić information content (AvgIpc) is 2.66. The molecule has 4 rings (SSSR count). The number of rotatable bonds is 4. The van der Waals surface area contributed by atoms with Gasteiger partial charge in [-0.2, -0.15) is 0 Å². The van der Waals surface area contributed by atoms with Crippen LogP contribution in [0.2, 0.25) is 0 Å². The van der Waals surface area contributed by atoms with Gasteiger partial charge in [-0.15, -0.1) is 0 Å². The van der Waals surface area contributed by atoms with E-state index >= 15 is 0 Å². The summed E-state index contributed by atoms with van der Waals surface area (Å²) in [4.78, 5) is 2.61. The maximum atomic E-state index is 5.97. The summed E-state index contributed by atoms with van der Waals surface area (Å²) in [5.74, 6) is 1.82. The molecule has 2 aromatic carbocycles. The Morgan fingerprint density at radius 3 is 2.32 bits per heavy atom. The number of para-hydroxylation sites is 1. The molecule has 2 aliphatic rings. The lowest BCUT2D eigenvalue weighted by Gasteiger charge is -2.44. The highest BCUT2D eigenvalue weighted by molar-refractivity contribution is 5.33. The van der Waals surface area contributed by atoms with Crippen molar-refractivity contribution in [3.05, 3.63) is 60.2 Å². The minimum absolute atomic E-state index is 0.625. The van der Waals surface area contributed by atoms with Gasteiger partial charge in [0, 0.05) is 6.54 Å². The second kappa shape index (κ2) is 7.59. The van der Waals surface area contributed by atoms with Crippen LogP contribution in [0.25, 0.3) is 0 Å². The van der Waals surface area contributed by atoms with Crippen molar-refractivity contribution in [1.29, 1.82) is 0 Å². The molecule has 0 unspecified atom stereocenters. The zero-order valence-electron chi connectivity index (χ0n) is 14.9. The second-order valence-corrected chi connectivity index (χ2v) is 7.59. The van der Waals surface area contributed by atoms with Gasteiger partial charge in [-0.05, 0) is 87.1 Å². The normalized spacial score (nSPS) is 20.5. The quantitative estimate of drug-likeness (QED) is 0.893. The van der Waals surface area contributed by atoms with E-state index in [1.807, 2.05) is 36.4 Å². The number of nitrogens with zero attached hydrogens (tertiary/aromatic N) is 1. The lowest BCUT2D eigenvalue weighted by Crippen LogP contribution is -2.45. The Morgan fingerprint density at radius 1 is 0.840 bits per heavy atom. The molecule has 0 bridgehead atoms. The molecule has 3 nitrogen and oxygen atoms in total. The van der Waals surface area contributed by atoms with Crippen LogP contribution in [-0.2, 0) is 6.54 Å². The molecule has 0 aliphatic carbocycles. The van der Waals surface area contributed by atoms with Gasteiger partial charge in [-0.1, -0.05) is 30.3 Å². The molecule has 132 valence electrons. The van der Waals surface area contributed by atoms with Crippen molar-refractivity contribution in [3.8, 4) is 11.5 Å². The van der Waals surface area contributed by atoms with Gasteiger partial charge in [0.25, 0.3) is 0 Å². The Kier molecular flexibility index (Phi) is 5.04. The number of benzene rings is 2. The molecule has 1 N–H and O–H groups in total. The third-order valence-corrected chi connectivity index (χ3v) is 5.86. The number of piperidine rings is 2. The predicted molar refractivity (Wildman–Crippen MR) is 102 cm³/mol. The topological polar surface area (TPSA) is 24.5 Å². The Hall–Kier alpha value is -1.84. The second-order valence-electron chi connectivity index (χ2n) is 7.59. The van der Waals surface area contributed by atoms with Crippen molar-refractivity contribution in [2.45, 2.75) is 32.2 Å². The van der Waals surface area contributed by atoms with E-state index in [-0.39, 0.29) is 0 Å². The largest absolute Gasteiger partial charge is 0.457 e. The molecule has 2 aromatic rings. The van der Waals surface area contributed by atoms with E-state index in [4.69, 9.17) is 4.74 Å². The van der Waals surface area contributed by atoms with E-state index < -0.39 is 0 Å². The van der Waals surface area contributed by atoms with Crippen molar-refractivity contribution in [3.63, 3.8) is 0 Å². The van der Waals surface area contributed by atoms with Crippen LogP contribution in [0.1, 0.15) is 31.2 Å². The van der Waals surface area contributed by atoms with Gasteiger partial charge >= 0.3 is 0 Å². The van der Waals surface area contributed by atoms with Crippen molar-refractivity contribution in [2.75, 3.05) is 26.2 Å². The number of likely N-dealkylation sites (tertiary alicyclic amines) is 1. The molecule has 0 amide bonds. The predicted octanol–water partition coefficient (Wildman–Crippen LogP) is 4.44. The van der Waals surface area contributed by atoms with Crippen LogP contribution in [0.3, 0.4) is 0 Å². The molecule has 0 aromatic heterocycles. The molecule has 3 heteroatoms. The first-order valence-corrected chi connectivity index (χ1v) is 9.56. The van der Waals surface area contributed by atoms with Crippen LogP contribution < -0.4 is 10.1 Å². The van der Waals surface area contributed by atoms with E-state index in [9.17, 15) is 0 Å². The maximum absolute atomic E-state index is 5.97. The molecule has 2 saturated heterocycles.